The zero-order chi connectivity index (χ0) is 23.4. The van der Waals surface area contributed by atoms with Crippen LogP contribution in [0, 0.1) is 32.6 Å². The number of pyridine rings is 1. The Hall–Kier alpha value is -3.44. The van der Waals surface area contributed by atoms with Gasteiger partial charge in [0.2, 0.25) is 0 Å². The monoisotopic (exact) mass is 450 g/mol. The molecule has 2 aliphatic rings. The fourth-order valence-corrected chi connectivity index (χ4v) is 5.82. The fourth-order valence-electron chi connectivity index (χ4n) is 5.82. The number of hydrogen-bond acceptors (Lipinski definition) is 3. The number of carbonyl (C=O) groups excluding carboxylic acids is 1. The molecule has 2 aromatic heterocycles. The van der Waals surface area contributed by atoms with E-state index in [-0.39, 0.29) is 5.91 Å². The van der Waals surface area contributed by atoms with Crippen LogP contribution in [0.15, 0.2) is 54.6 Å². The maximum absolute atomic E-state index is 13.2. The second-order valence-electron chi connectivity index (χ2n) is 9.99. The lowest BCUT2D eigenvalue weighted by Crippen LogP contribution is -2.31. The van der Waals surface area contributed by atoms with Crippen LogP contribution in [0.3, 0.4) is 0 Å². The van der Waals surface area contributed by atoms with E-state index in [1.807, 2.05) is 36.9 Å². The third-order valence-corrected chi connectivity index (χ3v) is 7.55. The standard InChI is InChI=1S/C29H30N4O/c1-17-9-23(10-18(2)31-17)28-19(3)26-8-7-21(12-27(26)32-28)20-5-4-6-22(11-20)29(34)33-15-24-13-30-14-25(24)16-33/h4-12,24-25,30,32H,13-16H2,1-3H3. The predicted octanol–water partition coefficient (Wildman–Crippen LogP) is 5.11. The molecule has 34 heavy (non-hydrogen) atoms. The lowest BCUT2D eigenvalue weighted by Gasteiger charge is -2.18. The second-order valence-corrected chi connectivity index (χ2v) is 9.99. The van der Waals surface area contributed by atoms with Gasteiger partial charge in [0.1, 0.15) is 0 Å². The van der Waals surface area contributed by atoms with Gasteiger partial charge in [-0.2, -0.15) is 0 Å². The van der Waals surface area contributed by atoms with Crippen LogP contribution in [-0.2, 0) is 0 Å². The molecule has 6 rings (SSSR count). The summed E-state index contributed by atoms with van der Waals surface area (Å²) in [6.07, 6.45) is 0. The van der Waals surface area contributed by atoms with E-state index in [1.165, 1.54) is 16.5 Å². The van der Waals surface area contributed by atoms with Crippen LogP contribution < -0.4 is 5.32 Å². The summed E-state index contributed by atoms with van der Waals surface area (Å²) in [6.45, 7) is 10.0. The molecule has 2 fully saturated rings. The van der Waals surface area contributed by atoms with E-state index in [2.05, 4.69) is 58.6 Å². The van der Waals surface area contributed by atoms with Crippen molar-refractivity contribution in [3.05, 3.63) is 77.1 Å². The van der Waals surface area contributed by atoms with Crippen molar-refractivity contribution in [2.75, 3.05) is 26.2 Å². The van der Waals surface area contributed by atoms with Gasteiger partial charge in [0, 0.05) is 65.3 Å². The lowest BCUT2D eigenvalue weighted by atomic mass is 10.0. The number of aromatic amines is 1. The van der Waals surface area contributed by atoms with Gasteiger partial charge >= 0.3 is 0 Å². The summed E-state index contributed by atoms with van der Waals surface area (Å²) in [5.41, 5.74) is 9.64. The smallest absolute Gasteiger partial charge is 0.253 e. The first-order valence-corrected chi connectivity index (χ1v) is 12.1. The highest BCUT2D eigenvalue weighted by Gasteiger charge is 2.38. The number of rotatable bonds is 3. The van der Waals surface area contributed by atoms with Gasteiger partial charge in [0.15, 0.2) is 0 Å². The summed E-state index contributed by atoms with van der Waals surface area (Å²) in [5.74, 6) is 1.36. The van der Waals surface area contributed by atoms with Crippen molar-refractivity contribution in [3.63, 3.8) is 0 Å². The van der Waals surface area contributed by atoms with Gasteiger partial charge in [-0.3, -0.25) is 9.78 Å². The van der Waals surface area contributed by atoms with Crippen molar-refractivity contribution in [1.82, 2.24) is 20.2 Å². The van der Waals surface area contributed by atoms with Gasteiger partial charge in [0.25, 0.3) is 5.91 Å². The Morgan fingerprint density at radius 1 is 0.882 bits per heavy atom. The minimum atomic E-state index is 0.152. The van der Waals surface area contributed by atoms with E-state index in [0.717, 1.165) is 65.5 Å². The molecular weight excluding hydrogens is 420 g/mol. The predicted molar refractivity (Wildman–Crippen MR) is 137 cm³/mol. The molecule has 4 heterocycles. The molecule has 5 heteroatoms. The normalized spacial score (nSPS) is 19.7. The van der Waals surface area contributed by atoms with E-state index >= 15 is 0 Å². The highest BCUT2D eigenvalue weighted by Crippen LogP contribution is 2.33. The SMILES string of the molecule is Cc1cc(-c2[nH]c3cc(-c4cccc(C(=O)N5CC6CNCC6C5)c4)ccc3c2C)cc(C)n1. The van der Waals surface area contributed by atoms with E-state index in [9.17, 15) is 4.79 Å². The minimum Gasteiger partial charge on any atom is -0.354 e. The summed E-state index contributed by atoms with van der Waals surface area (Å²) in [7, 11) is 0. The first-order valence-electron chi connectivity index (χ1n) is 12.1. The van der Waals surface area contributed by atoms with E-state index in [0.29, 0.717) is 11.8 Å². The van der Waals surface area contributed by atoms with Crippen LogP contribution in [0.25, 0.3) is 33.3 Å². The zero-order valence-electron chi connectivity index (χ0n) is 20.0. The lowest BCUT2D eigenvalue weighted by molar-refractivity contribution is 0.0781. The molecule has 2 aromatic carbocycles. The van der Waals surface area contributed by atoms with Crippen molar-refractivity contribution in [3.8, 4) is 22.4 Å². The third-order valence-electron chi connectivity index (χ3n) is 7.55. The largest absolute Gasteiger partial charge is 0.354 e. The van der Waals surface area contributed by atoms with Crippen molar-refractivity contribution >= 4 is 16.8 Å². The van der Waals surface area contributed by atoms with Gasteiger partial charge < -0.3 is 15.2 Å². The number of nitrogens with zero attached hydrogens (tertiary/aromatic N) is 2. The summed E-state index contributed by atoms with van der Waals surface area (Å²) >= 11 is 0. The van der Waals surface area contributed by atoms with Gasteiger partial charge in [-0.1, -0.05) is 24.3 Å². The molecule has 1 amide bonds. The summed E-state index contributed by atoms with van der Waals surface area (Å²) in [5, 5.41) is 4.66. The van der Waals surface area contributed by atoms with Gasteiger partial charge in [-0.15, -0.1) is 0 Å². The zero-order valence-corrected chi connectivity index (χ0v) is 20.0. The highest BCUT2D eigenvalue weighted by atomic mass is 16.2. The number of benzene rings is 2. The average Bonchev–Trinajstić information content (AvgIpc) is 3.52. The van der Waals surface area contributed by atoms with Crippen molar-refractivity contribution in [1.29, 1.82) is 0 Å². The van der Waals surface area contributed by atoms with Crippen molar-refractivity contribution in [2.45, 2.75) is 20.8 Å². The van der Waals surface area contributed by atoms with Crippen molar-refractivity contribution < 1.29 is 4.79 Å². The van der Waals surface area contributed by atoms with Crippen LogP contribution in [0.2, 0.25) is 0 Å². The molecule has 0 spiro atoms. The summed E-state index contributed by atoms with van der Waals surface area (Å²) < 4.78 is 0. The maximum atomic E-state index is 13.2. The number of nitrogens with one attached hydrogen (secondary N) is 2. The number of H-pyrrole nitrogens is 1. The molecule has 2 aliphatic heterocycles. The number of amides is 1. The third kappa shape index (κ3) is 3.61. The quantitative estimate of drug-likeness (QED) is 0.456. The number of aryl methyl sites for hydroxylation is 3. The Morgan fingerprint density at radius 3 is 2.32 bits per heavy atom. The van der Waals surface area contributed by atoms with Crippen molar-refractivity contribution in [2.24, 2.45) is 11.8 Å². The Kier molecular flexibility index (Phi) is 5.03. The Morgan fingerprint density at radius 2 is 1.59 bits per heavy atom. The van der Waals surface area contributed by atoms with Gasteiger partial charge in [-0.25, -0.2) is 0 Å². The van der Waals surface area contributed by atoms with Crippen LogP contribution in [-0.4, -0.2) is 47.0 Å². The maximum Gasteiger partial charge on any atom is 0.253 e. The number of fused-ring (bicyclic) bond motifs is 2. The minimum absolute atomic E-state index is 0.152. The topological polar surface area (TPSA) is 61.0 Å². The Labute approximate surface area is 200 Å². The number of hydrogen-bond donors (Lipinski definition) is 2. The first kappa shape index (κ1) is 21.1. The average molecular weight is 451 g/mol. The summed E-state index contributed by atoms with van der Waals surface area (Å²) in [6, 6.07) is 18.9. The van der Waals surface area contributed by atoms with Crippen LogP contribution in [0.4, 0.5) is 0 Å². The van der Waals surface area contributed by atoms with E-state index in [1.54, 1.807) is 0 Å². The molecule has 5 nitrogen and oxygen atoms in total. The summed E-state index contributed by atoms with van der Waals surface area (Å²) in [4.78, 5) is 23.4. The molecule has 0 radical (unpaired) electrons. The number of carbonyl (C=O) groups is 1. The molecule has 0 saturated carbocycles. The molecule has 0 bridgehead atoms. The number of aromatic nitrogens is 2. The Balaban J connectivity index is 1.32. The van der Waals surface area contributed by atoms with Crippen LogP contribution in [0.5, 0.6) is 0 Å². The molecule has 2 unspecified atom stereocenters. The molecule has 2 saturated heterocycles. The fraction of sp³-hybridized carbons (Fsp3) is 0.310. The Bertz CT molecular complexity index is 1390. The molecule has 4 aromatic rings. The van der Waals surface area contributed by atoms with Crippen LogP contribution in [0.1, 0.15) is 27.3 Å². The van der Waals surface area contributed by atoms with E-state index < -0.39 is 0 Å². The molecule has 2 N–H and O–H groups in total. The number of likely N-dealkylation sites (tertiary alicyclic amines) is 1. The molecule has 0 aliphatic carbocycles. The van der Waals surface area contributed by atoms with Gasteiger partial charge in [-0.05, 0) is 79.6 Å². The van der Waals surface area contributed by atoms with E-state index in [4.69, 9.17) is 0 Å². The van der Waals surface area contributed by atoms with Crippen LogP contribution >= 0.6 is 0 Å². The van der Waals surface area contributed by atoms with Gasteiger partial charge in [0.05, 0.1) is 0 Å². The molecule has 172 valence electrons. The second kappa shape index (κ2) is 8.10. The molecular formula is C29H30N4O. The highest BCUT2D eigenvalue weighted by molar-refractivity contribution is 5.97. The first-order chi connectivity index (χ1) is 16.5. The molecule has 2 atom stereocenters.